The van der Waals surface area contributed by atoms with Crippen molar-refractivity contribution in [1.82, 2.24) is 9.88 Å². The molecule has 1 aromatic rings. The number of piperazine rings is 1. The zero-order chi connectivity index (χ0) is 20.0. The highest BCUT2D eigenvalue weighted by Gasteiger charge is 2.32. The van der Waals surface area contributed by atoms with Crippen molar-refractivity contribution < 1.29 is 27.4 Å². The highest BCUT2D eigenvalue weighted by Crippen LogP contribution is 2.33. The molecule has 1 amide bonds. The monoisotopic (exact) mass is 409 g/mol. The summed E-state index contributed by atoms with van der Waals surface area (Å²) in [6, 6.07) is 0.871. The van der Waals surface area contributed by atoms with E-state index >= 15 is 0 Å². The molecule has 27 heavy (non-hydrogen) atoms. The first-order valence-electron chi connectivity index (χ1n) is 8.69. The van der Waals surface area contributed by atoms with E-state index in [1.165, 1.54) is 0 Å². The number of nitrogens with zero attached hydrogens (tertiary/aromatic N) is 3. The predicted octanol–water partition coefficient (Wildman–Crippen LogP) is 2.84. The molecule has 152 valence electrons. The first-order chi connectivity index (χ1) is 12.7. The number of anilines is 1. The Hall–Kier alpha value is -1.58. The number of ether oxygens (including phenoxy) is 2. The van der Waals surface area contributed by atoms with Crippen LogP contribution in [0.3, 0.4) is 0 Å². The van der Waals surface area contributed by atoms with Gasteiger partial charge in [0.1, 0.15) is 11.9 Å². The molecule has 1 saturated heterocycles. The van der Waals surface area contributed by atoms with Gasteiger partial charge in [0.25, 0.3) is 5.91 Å². The summed E-state index contributed by atoms with van der Waals surface area (Å²) < 4.78 is 48.8. The van der Waals surface area contributed by atoms with Crippen molar-refractivity contribution in [1.29, 1.82) is 0 Å². The van der Waals surface area contributed by atoms with Crippen molar-refractivity contribution >= 4 is 23.3 Å². The summed E-state index contributed by atoms with van der Waals surface area (Å²) in [5.74, 6) is 0.162. The Kier molecular flexibility index (Phi) is 7.69. The molecule has 1 aliphatic heterocycles. The molecule has 0 N–H and O–H groups in total. The molecule has 0 radical (unpaired) electrons. The Bertz CT molecular complexity index is 638. The molecule has 10 heteroatoms. The second-order valence-corrected chi connectivity index (χ2v) is 6.46. The van der Waals surface area contributed by atoms with Gasteiger partial charge in [0.2, 0.25) is 0 Å². The summed E-state index contributed by atoms with van der Waals surface area (Å²) >= 11 is 5.98. The predicted molar refractivity (Wildman–Crippen MR) is 94.9 cm³/mol. The maximum atomic E-state index is 12.7. The Balaban J connectivity index is 1.88. The molecule has 0 aliphatic carbocycles. The number of carbonyl (C=O) groups is 1. The van der Waals surface area contributed by atoms with E-state index in [2.05, 4.69) is 4.98 Å². The van der Waals surface area contributed by atoms with Crippen LogP contribution in [-0.2, 0) is 20.4 Å². The number of hydrogen-bond acceptors (Lipinski definition) is 5. The Labute approximate surface area is 161 Å². The van der Waals surface area contributed by atoms with Crippen LogP contribution < -0.4 is 4.90 Å². The Morgan fingerprint density at radius 1 is 1.30 bits per heavy atom. The van der Waals surface area contributed by atoms with E-state index in [1.807, 2.05) is 6.92 Å². The Morgan fingerprint density at radius 2 is 1.96 bits per heavy atom. The van der Waals surface area contributed by atoms with E-state index in [0.29, 0.717) is 46.0 Å². The third-order valence-corrected chi connectivity index (χ3v) is 4.47. The number of rotatable bonds is 7. The number of halogens is 4. The lowest BCUT2D eigenvalue weighted by atomic mass is 10.2. The van der Waals surface area contributed by atoms with E-state index in [4.69, 9.17) is 21.1 Å². The fourth-order valence-electron chi connectivity index (χ4n) is 2.71. The standard InChI is InChI=1S/C17H23ClF3N3O3/c1-3-26-8-9-27-12(2)16(25)24-6-4-23(5-7-24)15-14(18)10-13(11-22-15)17(19,20)21/h10-12H,3-9H2,1-2H3. The van der Waals surface area contributed by atoms with Gasteiger partial charge in [-0.05, 0) is 19.9 Å². The minimum absolute atomic E-state index is 0.0581. The summed E-state index contributed by atoms with van der Waals surface area (Å²) in [6.45, 7) is 6.61. The second-order valence-electron chi connectivity index (χ2n) is 6.05. The molecule has 0 bridgehead atoms. The van der Waals surface area contributed by atoms with E-state index in [1.54, 1.807) is 16.7 Å². The van der Waals surface area contributed by atoms with Crippen molar-refractivity contribution in [2.24, 2.45) is 0 Å². The van der Waals surface area contributed by atoms with Crippen LogP contribution in [0.2, 0.25) is 5.02 Å². The van der Waals surface area contributed by atoms with Gasteiger partial charge in [-0.15, -0.1) is 0 Å². The average molecular weight is 410 g/mol. The van der Waals surface area contributed by atoms with Gasteiger partial charge in [0, 0.05) is 39.0 Å². The number of hydrogen-bond donors (Lipinski definition) is 0. The fourth-order valence-corrected chi connectivity index (χ4v) is 3.00. The van der Waals surface area contributed by atoms with Gasteiger partial charge >= 0.3 is 6.18 Å². The van der Waals surface area contributed by atoms with Gasteiger partial charge in [-0.25, -0.2) is 4.98 Å². The number of alkyl halides is 3. The van der Waals surface area contributed by atoms with Crippen LogP contribution in [0.15, 0.2) is 12.3 Å². The van der Waals surface area contributed by atoms with Crippen molar-refractivity contribution in [3.63, 3.8) is 0 Å². The molecule has 1 aliphatic rings. The fraction of sp³-hybridized carbons (Fsp3) is 0.647. The first kappa shape index (κ1) is 21.7. The quantitative estimate of drug-likeness (QED) is 0.648. The second kappa shape index (κ2) is 9.57. The van der Waals surface area contributed by atoms with Crippen molar-refractivity contribution in [2.75, 3.05) is 50.9 Å². The van der Waals surface area contributed by atoms with Crippen LogP contribution in [0, 0.1) is 0 Å². The third-order valence-electron chi connectivity index (χ3n) is 4.19. The number of carbonyl (C=O) groups excluding carboxylic acids is 1. The van der Waals surface area contributed by atoms with Crippen LogP contribution in [0.4, 0.5) is 19.0 Å². The van der Waals surface area contributed by atoms with E-state index < -0.39 is 17.8 Å². The zero-order valence-electron chi connectivity index (χ0n) is 15.3. The SMILES string of the molecule is CCOCCOC(C)C(=O)N1CCN(c2ncc(C(F)(F)F)cc2Cl)CC1. The van der Waals surface area contributed by atoms with E-state index in [0.717, 1.165) is 12.3 Å². The maximum Gasteiger partial charge on any atom is 0.417 e. The average Bonchev–Trinajstić information content (AvgIpc) is 2.64. The largest absolute Gasteiger partial charge is 0.417 e. The summed E-state index contributed by atoms with van der Waals surface area (Å²) in [7, 11) is 0. The lowest BCUT2D eigenvalue weighted by molar-refractivity contribution is -0.143. The van der Waals surface area contributed by atoms with Gasteiger partial charge < -0.3 is 19.3 Å². The van der Waals surface area contributed by atoms with Gasteiger partial charge in [-0.2, -0.15) is 13.2 Å². The summed E-state index contributed by atoms with van der Waals surface area (Å²) in [5.41, 5.74) is -0.886. The van der Waals surface area contributed by atoms with Crippen LogP contribution in [0.1, 0.15) is 19.4 Å². The van der Waals surface area contributed by atoms with Crippen molar-refractivity contribution in [3.05, 3.63) is 22.8 Å². The molecule has 0 spiro atoms. The van der Waals surface area contributed by atoms with Crippen molar-refractivity contribution in [3.8, 4) is 0 Å². The molecule has 0 saturated carbocycles. The normalized spacial score (nSPS) is 16.5. The van der Waals surface area contributed by atoms with Crippen LogP contribution in [0.25, 0.3) is 0 Å². The highest BCUT2D eigenvalue weighted by atomic mass is 35.5. The van der Waals surface area contributed by atoms with Crippen LogP contribution in [0.5, 0.6) is 0 Å². The smallest absolute Gasteiger partial charge is 0.379 e. The van der Waals surface area contributed by atoms with Crippen molar-refractivity contribution in [2.45, 2.75) is 26.1 Å². The number of amides is 1. The minimum atomic E-state index is -4.49. The first-order valence-corrected chi connectivity index (χ1v) is 9.07. The molecule has 2 heterocycles. The summed E-state index contributed by atoms with van der Waals surface area (Å²) in [6.07, 6.45) is -4.30. The van der Waals surface area contributed by atoms with Crippen LogP contribution in [-0.4, -0.2) is 67.9 Å². The van der Waals surface area contributed by atoms with E-state index in [-0.39, 0.29) is 16.7 Å². The zero-order valence-corrected chi connectivity index (χ0v) is 16.0. The number of pyridine rings is 1. The molecule has 2 rings (SSSR count). The molecule has 1 fully saturated rings. The lowest BCUT2D eigenvalue weighted by Crippen LogP contribution is -2.51. The topological polar surface area (TPSA) is 54.9 Å². The Morgan fingerprint density at radius 3 is 2.52 bits per heavy atom. The molecule has 1 atom stereocenters. The molecule has 6 nitrogen and oxygen atoms in total. The molecular formula is C17H23ClF3N3O3. The maximum absolute atomic E-state index is 12.7. The van der Waals surface area contributed by atoms with Gasteiger partial charge in [0.15, 0.2) is 0 Å². The minimum Gasteiger partial charge on any atom is -0.379 e. The molecule has 0 aromatic carbocycles. The lowest BCUT2D eigenvalue weighted by Gasteiger charge is -2.36. The third kappa shape index (κ3) is 5.95. The van der Waals surface area contributed by atoms with Gasteiger partial charge in [-0.1, -0.05) is 11.6 Å². The molecular weight excluding hydrogens is 387 g/mol. The molecule has 1 aromatic heterocycles. The van der Waals surface area contributed by atoms with Gasteiger partial charge in [0.05, 0.1) is 23.8 Å². The summed E-state index contributed by atoms with van der Waals surface area (Å²) in [5, 5.41) is -0.0581. The van der Waals surface area contributed by atoms with Crippen LogP contribution >= 0.6 is 11.6 Å². The number of aromatic nitrogens is 1. The molecule has 1 unspecified atom stereocenters. The van der Waals surface area contributed by atoms with E-state index in [9.17, 15) is 18.0 Å². The highest BCUT2D eigenvalue weighted by molar-refractivity contribution is 6.33. The van der Waals surface area contributed by atoms with Gasteiger partial charge in [-0.3, -0.25) is 4.79 Å². The summed E-state index contributed by atoms with van der Waals surface area (Å²) in [4.78, 5) is 19.7.